The van der Waals surface area contributed by atoms with E-state index < -0.39 is 15.3 Å². The maximum absolute atomic E-state index is 11.3. The molecule has 1 atom stereocenters. The van der Waals surface area contributed by atoms with Crippen LogP contribution in [0.15, 0.2) is 0 Å². The molecular weight excluding hydrogens is 208 g/mol. The van der Waals surface area contributed by atoms with Crippen LogP contribution in [0.5, 0.6) is 0 Å². The molecule has 1 N–H and O–H groups in total. The molecule has 0 aliphatic carbocycles. The Labute approximate surface area is 83.8 Å². The minimum Gasteiger partial charge on any atom is -0.382 e. The molecule has 82 valence electrons. The zero-order chi connectivity index (χ0) is 11.0. The van der Waals surface area contributed by atoms with Gasteiger partial charge in [0.15, 0.2) is 5.25 Å². The van der Waals surface area contributed by atoms with E-state index in [1.807, 2.05) is 4.89 Å². The first kappa shape index (κ1) is 13.3. The molecule has 0 saturated carbocycles. The molecule has 0 amide bonds. The highest BCUT2D eigenvalue weighted by Gasteiger charge is 2.23. The molecule has 0 aromatic heterocycles. The van der Waals surface area contributed by atoms with Gasteiger partial charge in [-0.1, -0.05) is 11.8 Å². The number of hydrogen-bond acceptors (Lipinski definition) is 5. The lowest BCUT2D eigenvalue weighted by atomic mass is 10.4. The van der Waals surface area contributed by atoms with Crippen LogP contribution in [0.25, 0.3) is 0 Å². The van der Waals surface area contributed by atoms with E-state index in [0.29, 0.717) is 0 Å². The number of nitrogens with zero attached hydrogens (tertiary/aromatic N) is 1. The van der Waals surface area contributed by atoms with E-state index in [0.717, 1.165) is 0 Å². The second-order valence-electron chi connectivity index (χ2n) is 2.50. The summed E-state index contributed by atoms with van der Waals surface area (Å²) < 4.78 is 27.2. The summed E-state index contributed by atoms with van der Waals surface area (Å²) in [4.78, 5) is 6.47. The number of hydrogen-bond donors (Lipinski definition) is 1. The predicted molar refractivity (Wildman–Crippen MR) is 49.6 cm³/mol. The third-order valence-corrected chi connectivity index (χ3v) is 2.99. The van der Waals surface area contributed by atoms with E-state index in [1.165, 1.54) is 7.11 Å². The highest BCUT2D eigenvalue weighted by atomic mass is 32.2. The number of nitrogens with one attached hydrogen (secondary N) is 1. The number of ether oxygens (including phenoxy) is 1. The van der Waals surface area contributed by atoms with E-state index in [-0.39, 0.29) is 19.6 Å². The quantitative estimate of drug-likeness (QED) is 0.475. The fraction of sp³-hybridized carbons (Fsp3) is 0.857. The van der Waals surface area contributed by atoms with Crippen molar-refractivity contribution in [2.45, 2.75) is 18.6 Å². The molecule has 0 aliphatic rings. The Morgan fingerprint density at radius 2 is 2.14 bits per heavy atom. The monoisotopic (exact) mass is 222 g/mol. The highest BCUT2D eigenvalue weighted by Crippen LogP contribution is 2.01. The molecule has 14 heavy (non-hydrogen) atoms. The highest BCUT2D eigenvalue weighted by molar-refractivity contribution is 7.90. The van der Waals surface area contributed by atoms with Gasteiger partial charge in [0.05, 0.1) is 19.3 Å². The molecule has 1 unspecified atom stereocenters. The van der Waals surface area contributed by atoms with Crippen LogP contribution in [0, 0.1) is 11.3 Å². The Balaban J connectivity index is 4.02. The maximum atomic E-state index is 11.3. The normalized spacial score (nSPS) is 13.5. The standard InChI is InChI=1S/C7H14N2O4S/c1-3-7(6-8)14(10,11)9-13-5-4-12-2/h7,9H,3-5H2,1-2H3. The van der Waals surface area contributed by atoms with E-state index in [9.17, 15) is 8.42 Å². The minimum absolute atomic E-state index is 0.109. The Morgan fingerprint density at radius 1 is 1.50 bits per heavy atom. The number of methoxy groups -OCH3 is 1. The van der Waals surface area contributed by atoms with Crippen molar-refractivity contribution in [3.05, 3.63) is 0 Å². The zero-order valence-electron chi connectivity index (χ0n) is 8.19. The number of nitriles is 1. The molecule has 0 aliphatic heterocycles. The topological polar surface area (TPSA) is 88.4 Å². The lowest BCUT2D eigenvalue weighted by molar-refractivity contribution is 0.0436. The molecule has 0 radical (unpaired) electrons. The first-order chi connectivity index (χ1) is 6.58. The lowest BCUT2D eigenvalue weighted by Crippen LogP contribution is -2.34. The molecule has 7 heteroatoms. The summed E-state index contributed by atoms with van der Waals surface area (Å²) in [5.74, 6) is 0. The SMILES string of the molecule is CCC(C#N)S(=O)(=O)NOCCOC. The van der Waals surface area contributed by atoms with Gasteiger partial charge in [-0.3, -0.25) is 4.84 Å². The van der Waals surface area contributed by atoms with Gasteiger partial charge in [-0.25, -0.2) is 8.42 Å². The summed E-state index contributed by atoms with van der Waals surface area (Å²) in [6, 6.07) is 1.67. The summed E-state index contributed by atoms with van der Waals surface area (Å²) in [5.41, 5.74) is 0. The van der Waals surface area contributed by atoms with Gasteiger partial charge in [0, 0.05) is 7.11 Å². The average molecular weight is 222 g/mol. The van der Waals surface area contributed by atoms with Crippen LogP contribution in [0.1, 0.15) is 13.3 Å². The largest absolute Gasteiger partial charge is 0.382 e. The van der Waals surface area contributed by atoms with Crippen LogP contribution in [-0.2, 0) is 19.6 Å². The molecule has 6 nitrogen and oxygen atoms in total. The van der Waals surface area contributed by atoms with Gasteiger partial charge in [-0.2, -0.15) is 5.26 Å². The van der Waals surface area contributed by atoms with Crippen molar-refractivity contribution in [2.24, 2.45) is 0 Å². The van der Waals surface area contributed by atoms with Gasteiger partial charge in [0.25, 0.3) is 0 Å². The molecule has 0 rings (SSSR count). The van der Waals surface area contributed by atoms with Gasteiger partial charge >= 0.3 is 0 Å². The molecular formula is C7H14N2O4S. The minimum atomic E-state index is -3.69. The van der Waals surface area contributed by atoms with Crippen molar-refractivity contribution in [1.29, 1.82) is 5.26 Å². The Bertz CT molecular complexity index is 283. The van der Waals surface area contributed by atoms with Gasteiger partial charge in [0.1, 0.15) is 0 Å². The van der Waals surface area contributed by atoms with Crippen molar-refractivity contribution in [1.82, 2.24) is 4.89 Å². The third-order valence-electron chi connectivity index (χ3n) is 1.45. The summed E-state index contributed by atoms with van der Waals surface area (Å²) in [6.45, 7) is 2.01. The first-order valence-corrected chi connectivity index (χ1v) is 5.64. The van der Waals surface area contributed by atoms with Gasteiger partial charge < -0.3 is 4.74 Å². The van der Waals surface area contributed by atoms with Gasteiger partial charge in [-0.15, -0.1) is 0 Å². The van der Waals surface area contributed by atoms with Crippen LogP contribution in [0.3, 0.4) is 0 Å². The molecule has 0 heterocycles. The van der Waals surface area contributed by atoms with Crippen molar-refractivity contribution in [2.75, 3.05) is 20.3 Å². The van der Waals surface area contributed by atoms with E-state index >= 15 is 0 Å². The van der Waals surface area contributed by atoms with Crippen LogP contribution < -0.4 is 4.89 Å². The van der Waals surface area contributed by atoms with Crippen molar-refractivity contribution in [3.8, 4) is 6.07 Å². The van der Waals surface area contributed by atoms with Crippen LogP contribution in [0.2, 0.25) is 0 Å². The Hall–Kier alpha value is -0.680. The fourth-order valence-corrected chi connectivity index (χ4v) is 1.63. The number of rotatable bonds is 7. The Morgan fingerprint density at radius 3 is 2.57 bits per heavy atom. The predicted octanol–water partition coefficient (Wildman–Crippen LogP) is -0.214. The molecule has 0 aromatic rings. The summed E-state index contributed by atoms with van der Waals surface area (Å²) in [5, 5.41) is 7.44. The second kappa shape index (κ2) is 6.73. The summed E-state index contributed by atoms with van der Waals surface area (Å²) >= 11 is 0. The fourth-order valence-electron chi connectivity index (χ4n) is 0.687. The van der Waals surface area contributed by atoms with E-state index in [1.54, 1.807) is 13.0 Å². The zero-order valence-corrected chi connectivity index (χ0v) is 9.00. The van der Waals surface area contributed by atoms with Crippen LogP contribution in [0.4, 0.5) is 0 Å². The molecule has 0 spiro atoms. The molecule has 0 fully saturated rings. The summed E-state index contributed by atoms with van der Waals surface area (Å²) in [7, 11) is -2.22. The van der Waals surface area contributed by atoms with Crippen molar-refractivity contribution < 1.29 is 18.0 Å². The van der Waals surface area contributed by atoms with E-state index in [2.05, 4.69) is 9.57 Å². The third kappa shape index (κ3) is 4.53. The Kier molecular flexibility index (Phi) is 6.40. The van der Waals surface area contributed by atoms with Gasteiger partial charge in [0.2, 0.25) is 10.0 Å². The molecule has 0 aromatic carbocycles. The number of sulfonamides is 1. The smallest absolute Gasteiger partial charge is 0.249 e. The first-order valence-electron chi connectivity index (χ1n) is 4.09. The van der Waals surface area contributed by atoms with Gasteiger partial charge in [-0.05, 0) is 6.42 Å². The van der Waals surface area contributed by atoms with Crippen molar-refractivity contribution in [3.63, 3.8) is 0 Å². The average Bonchev–Trinajstić information content (AvgIpc) is 2.14. The van der Waals surface area contributed by atoms with E-state index in [4.69, 9.17) is 5.26 Å². The lowest BCUT2D eigenvalue weighted by Gasteiger charge is -2.09. The maximum Gasteiger partial charge on any atom is 0.249 e. The van der Waals surface area contributed by atoms with Crippen LogP contribution >= 0.6 is 0 Å². The summed E-state index contributed by atoms with van der Waals surface area (Å²) in [6.07, 6.45) is 0.222. The molecule has 0 saturated heterocycles. The molecule has 0 bridgehead atoms. The second-order valence-corrected chi connectivity index (χ2v) is 4.32. The van der Waals surface area contributed by atoms with Crippen molar-refractivity contribution >= 4 is 10.0 Å². The van der Waals surface area contributed by atoms with Crippen LogP contribution in [-0.4, -0.2) is 34.0 Å².